The highest BCUT2D eigenvalue weighted by Crippen LogP contribution is 2.54. The molecule has 1 aliphatic heterocycles. The van der Waals surface area contributed by atoms with Crippen molar-refractivity contribution in [1.29, 1.82) is 0 Å². The van der Waals surface area contributed by atoms with E-state index in [4.69, 9.17) is 0 Å². The van der Waals surface area contributed by atoms with Crippen molar-refractivity contribution in [3.63, 3.8) is 0 Å². The van der Waals surface area contributed by atoms with Crippen LogP contribution in [0.4, 0.5) is 0 Å². The third-order valence-electron chi connectivity index (χ3n) is 4.14. The van der Waals surface area contributed by atoms with Gasteiger partial charge in [0.25, 0.3) is 0 Å². The zero-order chi connectivity index (χ0) is 15.6. The fourth-order valence-corrected chi connectivity index (χ4v) is 4.45. The van der Waals surface area contributed by atoms with Crippen LogP contribution in [0.25, 0.3) is 0 Å². The molecule has 0 spiro atoms. The Hall–Kier alpha value is -1.47. The normalized spacial score (nSPS) is 16.8. The molecule has 1 heterocycles. The average molecular weight is 308 g/mol. The summed E-state index contributed by atoms with van der Waals surface area (Å²) in [7, 11) is 0. The monoisotopic (exact) mass is 308 g/mol. The van der Waals surface area contributed by atoms with Gasteiger partial charge in [0.15, 0.2) is 0 Å². The van der Waals surface area contributed by atoms with E-state index in [1.807, 2.05) is 0 Å². The second kappa shape index (κ2) is 5.96. The minimum Gasteiger partial charge on any atom is -0.119 e. The van der Waals surface area contributed by atoms with Crippen LogP contribution >= 0.6 is 11.8 Å². The van der Waals surface area contributed by atoms with Crippen molar-refractivity contribution < 1.29 is 0 Å². The lowest BCUT2D eigenvalue weighted by Gasteiger charge is -2.44. The van der Waals surface area contributed by atoms with Crippen molar-refractivity contribution in [1.82, 2.24) is 0 Å². The molecule has 0 saturated heterocycles. The summed E-state index contributed by atoms with van der Waals surface area (Å²) in [4.78, 5) is 1.53. The highest BCUT2D eigenvalue weighted by molar-refractivity contribution is 8.06. The Bertz CT molecular complexity index is 606. The van der Waals surface area contributed by atoms with Gasteiger partial charge in [-0.05, 0) is 34.3 Å². The van der Waals surface area contributed by atoms with Gasteiger partial charge in [0.1, 0.15) is 0 Å². The largest absolute Gasteiger partial charge is 0.119 e. The fourth-order valence-electron chi connectivity index (χ4n) is 2.95. The van der Waals surface area contributed by atoms with Gasteiger partial charge in [0.05, 0.1) is 0 Å². The zero-order valence-electron chi connectivity index (χ0n) is 13.7. The van der Waals surface area contributed by atoms with Gasteiger partial charge in [-0.25, -0.2) is 0 Å². The Morgan fingerprint density at radius 2 is 1.18 bits per heavy atom. The number of benzene rings is 2. The summed E-state index contributed by atoms with van der Waals surface area (Å²) in [6.45, 7) is 6.92. The van der Waals surface area contributed by atoms with E-state index in [9.17, 15) is 0 Å². The number of hydrogen-bond donors (Lipinski definition) is 0. The molecule has 1 aliphatic rings. The summed E-state index contributed by atoms with van der Waals surface area (Å²) in [5, 5.41) is 0. The predicted octanol–water partition coefficient (Wildman–Crippen LogP) is 5.89. The number of hydrogen-bond acceptors (Lipinski definition) is 1. The van der Waals surface area contributed by atoms with E-state index in [-0.39, 0.29) is 10.2 Å². The van der Waals surface area contributed by atoms with Crippen molar-refractivity contribution in [2.24, 2.45) is 5.41 Å². The Kier molecular flexibility index (Phi) is 4.18. The van der Waals surface area contributed by atoms with E-state index in [2.05, 4.69) is 99.3 Å². The Labute approximate surface area is 138 Å². The van der Waals surface area contributed by atoms with Gasteiger partial charge >= 0.3 is 0 Å². The quantitative estimate of drug-likeness (QED) is 0.679. The predicted molar refractivity (Wildman–Crippen MR) is 98.2 cm³/mol. The molecule has 0 N–H and O–H groups in total. The van der Waals surface area contributed by atoms with Crippen LogP contribution in [0.2, 0.25) is 0 Å². The Balaban J connectivity index is 1.86. The Morgan fingerprint density at radius 1 is 0.773 bits per heavy atom. The van der Waals surface area contributed by atoms with Gasteiger partial charge in [0, 0.05) is 4.75 Å². The van der Waals surface area contributed by atoms with E-state index >= 15 is 0 Å². The van der Waals surface area contributed by atoms with Gasteiger partial charge in [-0.3, -0.25) is 0 Å². The van der Waals surface area contributed by atoms with Crippen LogP contribution < -0.4 is 0 Å². The van der Waals surface area contributed by atoms with Crippen LogP contribution in [0, 0.1) is 5.41 Å². The van der Waals surface area contributed by atoms with Crippen molar-refractivity contribution in [3.05, 3.63) is 82.8 Å². The second-order valence-corrected chi connectivity index (χ2v) is 8.71. The van der Waals surface area contributed by atoms with Crippen molar-refractivity contribution in [2.75, 3.05) is 0 Å². The molecule has 0 atom stereocenters. The smallest absolute Gasteiger partial charge is 0.0474 e. The van der Waals surface area contributed by atoms with Crippen molar-refractivity contribution in [3.8, 4) is 0 Å². The lowest BCUT2D eigenvalue weighted by molar-refractivity contribution is 0.512. The molecule has 2 aromatic rings. The highest BCUT2D eigenvalue weighted by Gasteiger charge is 2.41. The summed E-state index contributed by atoms with van der Waals surface area (Å²) >= 11 is 2.08. The van der Waals surface area contributed by atoms with E-state index in [1.54, 1.807) is 0 Å². The molecule has 2 aromatic carbocycles. The Morgan fingerprint density at radius 3 is 1.55 bits per heavy atom. The maximum absolute atomic E-state index is 2.53. The lowest BCUT2D eigenvalue weighted by Crippen LogP contribution is -2.37. The molecule has 22 heavy (non-hydrogen) atoms. The first-order chi connectivity index (χ1) is 10.5. The van der Waals surface area contributed by atoms with Crippen LogP contribution in [0.15, 0.2) is 71.6 Å². The minimum absolute atomic E-state index is 0.214. The summed E-state index contributed by atoms with van der Waals surface area (Å²) in [6, 6.07) is 21.7. The van der Waals surface area contributed by atoms with Gasteiger partial charge < -0.3 is 0 Å². The summed E-state index contributed by atoms with van der Waals surface area (Å²) < 4.78 is 0.214. The molecule has 0 fully saturated rings. The molecule has 0 nitrogen and oxygen atoms in total. The van der Waals surface area contributed by atoms with Crippen molar-refractivity contribution >= 4 is 11.8 Å². The molecule has 0 amide bonds. The summed E-state index contributed by atoms with van der Waals surface area (Å²) in [6.07, 6.45) is 4.73. The topological polar surface area (TPSA) is 0 Å². The summed E-state index contributed by atoms with van der Waals surface area (Å²) in [5.74, 6) is 0. The van der Waals surface area contributed by atoms with Crippen LogP contribution in [0.5, 0.6) is 0 Å². The number of rotatable bonds is 4. The lowest BCUT2D eigenvalue weighted by atomic mass is 9.86. The number of thioether (sulfide) groups is 1. The van der Waals surface area contributed by atoms with Crippen LogP contribution in [-0.4, -0.2) is 4.75 Å². The minimum atomic E-state index is 0.214. The van der Waals surface area contributed by atoms with Crippen LogP contribution in [0.3, 0.4) is 0 Å². The average Bonchev–Trinajstić information content (AvgIpc) is 2.45. The molecule has 0 aliphatic carbocycles. The molecular weight excluding hydrogens is 284 g/mol. The molecule has 3 rings (SSSR count). The first-order valence-corrected chi connectivity index (χ1v) is 8.79. The standard InChI is InChI=1S/C21H24S/c1-20(2,3)19-16-21(22-19,14-17-10-6-4-7-11-17)15-18-12-8-5-9-13-18/h4-13,16H,14-15H2,1-3H3. The van der Waals surface area contributed by atoms with Gasteiger partial charge in [-0.2, -0.15) is 0 Å². The van der Waals surface area contributed by atoms with Gasteiger partial charge in [-0.15, -0.1) is 11.8 Å². The first kappa shape index (κ1) is 15.4. The molecular formula is C21H24S. The maximum Gasteiger partial charge on any atom is 0.0474 e. The second-order valence-electron chi connectivity index (χ2n) is 7.25. The third kappa shape index (κ3) is 3.47. The SMILES string of the molecule is CC(C)(C)C1=CC(Cc2ccccc2)(Cc2ccccc2)S1. The molecule has 0 bridgehead atoms. The molecule has 1 heteroatoms. The van der Waals surface area contributed by atoms with Crippen LogP contribution in [-0.2, 0) is 12.8 Å². The fraction of sp³-hybridized carbons (Fsp3) is 0.333. The first-order valence-electron chi connectivity index (χ1n) is 7.97. The molecule has 0 unspecified atom stereocenters. The van der Waals surface area contributed by atoms with E-state index in [0.717, 1.165) is 12.8 Å². The number of allylic oxidation sites excluding steroid dienone is 1. The van der Waals surface area contributed by atoms with Crippen molar-refractivity contribution in [2.45, 2.75) is 38.4 Å². The van der Waals surface area contributed by atoms with E-state index < -0.39 is 0 Å². The van der Waals surface area contributed by atoms with E-state index in [0.29, 0.717) is 0 Å². The van der Waals surface area contributed by atoms with Crippen LogP contribution in [0.1, 0.15) is 31.9 Å². The highest BCUT2D eigenvalue weighted by atomic mass is 32.2. The zero-order valence-corrected chi connectivity index (χ0v) is 14.5. The molecule has 114 valence electrons. The molecule has 0 aromatic heterocycles. The molecule has 0 radical (unpaired) electrons. The maximum atomic E-state index is 2.53. The van der Waals surface area contributed by atoms with E-state index in [1.165, 1.54) is 16.0 Å². The van der Waals surface area contributed by atoms with Gasteiger partial charge in [0.2, 0.25) is 0 Å². The van der Waals surface area contributed by atoms with Gasteiger partial charge in [-0.1, -0.05) is 87.5 Å². The molecule has 0 saturated carbocycles. The summed E-state index contributed by atoms with van der Waals surface area (Å²) in [5.41, 5.74) is 3.12. The third-order valence-corrected chi connectivity index (χ3v) is 5.90.